The van der Waals surface area contributed by atoms with Gasteiger partial charge in [-0.15, -0.1) is 0 Å². The molecule has 0 radical (unpaired) electrons. The fourth-order valence-corrected chi connectivity index (χ4v) is 4.19. The maximum absolute atomic E-state index is 12.7. The van der Waals surface area contributed by atoms with Crippen molar-refractivity contribution >= 4 is 17.7 Å². The third kappa shape index (κ3) is 3.56. The van der Waals surface area contributed by atoms with Crippen LogP contribution in [0.5, 0.6) is 5.75 Å². The molecule has 3 heterocycles. The van der Waals surface area contributed by atoms with Crippen LogP contribution in [0.2, 0.25) is 0 Å². The fraction of sp³-hybridized carbons (Fsp3) is 0.550. The van der Waals surface area contributed by atoms with E-state index >= 15 is 0 Å². The number of nitrogens with one attached hydrogen (secondary N) is 1. The van der Waals surface area contributed by atoms with Gasteiger partial charge in [-0.1, -0.05) is 6.42 Å². The first-order valence-corrected chi connectivity index (χ1v) is 9.63. The van der Waals surface area contributed by atoms with E-state index in [1.165, 1.54) is 12.8 Å². The van der Waals surface area contributed by atoms with Gasteiger partial charge in [-0.3, -0.25) is 19.7 Å². The Kier molecular flexibility index (Phi) is 4.86. The fourth-order valence-electron chi connectivity index (χ4n) is 4.19. The number of likely N-dealkylation sites (N-methyl/N-ethyl adjacent to an activating group) is 1. The third-order valence-electron chi connectivity index (χ3n) is 5.86. The summed E-state index contributed by atoms with van der Waals surface area (Å²) in [5.74, 6) is -0.0586. The number of carbonyl (C=O) groups is 3. The zero-order valence-electron chi connectivity index (χ0n) is 15.6. The first-order chi connectivity index (χ1) is 13.0. The molecule has 0 aromatic heterocycles. The number of amides is 3. The second-order valence-electron chi connectivity index (χ2n) is 7.66. The Morgan fingerprint density at radius 3 is 2.81 bits per heavy atom. The van der Waals surface area contributed by atoms with E-state index in [1.54, 1.807) is 11.0 Å². The minimum absolute atomic E-state index is 0.155. The Morgan fingerprint density at radius 1 is 1.19 bits per heavy atom. The summed E-state index contributed by atoms with van der Waals surface area (Å²) in [6.45, 7) is 2.12. The SMILES string of the molecule is CN1CCCC[C@@H]1COc1ccc2c(c1)CN(C1CCC(=O)NC1=O)C2=O. The van der Waals surface area contributed by atoms with Crippen LogP contribution in [0.15, 0.2) is 18.2 Å². The van der Waals surface area contributed by atoms with Crippen LogP contribution in [0.25, 0.3) is 0 Å². The van der Waals surface area contributed by atoms with Crippen molar-refractivity contribution in [3.05, 3.63) is 29.3 Å². The van der Waals surface area contributed by atoms with E-state index in [2.05, 4.69) is 17.3 Å². The summed E-state index contributed by atoms with van der Waals surface area (Å²) in [6, 6.07) is 5.36. The summed E-state index contributed by atoms with van der Waals surface area (Å²) in [6.07, 6.45) is 4.26. The molecule has 1 aromatic rings. The smallest absolute Gasteiger partial charge is 0.255 e. The maximum atomic E-state index is 12.7. The summed E-state index contributed by atoms with van der Waals surface area (Å²) >= 11 is 0. The van der Waals surface area contributed by atoms with Crippen molar-refractivity contribution < 1.29 is 19.1 Å². The van der Waals surface area contributed by atoms with Crippen molar-refractivity contribution in [2.24, 2.45) is 0 Å². The highest BCUT2D eigenvalue weighted by Gasteiger charge is 2.39. The maximum Gasteiger partial charge on any atom is 0.255 e. The van der Waals surface area contributed by atoms with Crippen LogP contribution < -0.4 is 10.1 Å². The molecule has 1 aromatic carbocycles. The molecule has 0 bridgehead atoms. The number of rotatable bonds is 4. The Bertz CT molecular complexity index is 778. The molecule has 0 aliphatic carbocycles. The Balaban J connectivity index is 1.43. The highest BCUT2D eigenvalue weighted by molar-refractivity contribution is 6.05. The molecular formula is C20H25N3O4. The van der Waals surface area contributed by atoms with Gasteiger partial charge in [-0.25, -0.2) is 0 Å². The van der Waals surface area contributed by atoms with Gasteiger partial charge in [0, 0.05) is 24.6 Å². The summed E-state index contributed by atoms with van der Waals surface area (Å²) in [4.78, 5) is 40.1. The second kappa shape index (κ2) is 7.31. The first kappa shape index (κ1) is 18.0. The van der Waals surface area contributed by atoms with Crippen LogP contribution in [0.3, 0.4) is 0 Å². The number of hydrogen-bond donors (Lipinski definition) is 1. The highest BCUT2D eigenvalue weighted by atomic mass is 16.5. The molecule has 7 heteroatoms. The number of imide groups is 1. The number of ether oxygens (including phenoxy) is 1. The minimum Gasteiger partial charge on any atom is -0.492 e. The molecule has 3 aliphatic rings. The van der Waals surface area contributed by atoms with E-state index in [0.29, 0.717) is 31.2 Å². The average Bonchev–Trinajstić information content (AvgIpc) is 2.97. The topological polar surface area (TPSA) is 79.0 Å². The zero-order chi connectivity index (χ0) is 19.0. The predicted molar refractivity (Wildman–Crippen MR) is 98.3 cm³/mol. The molecule has 3 amide bonds. The van der Waals surface area contributed by atoms with Crippen molar-refractivity contribution in [1.82, 2.24) is 15.1 Å². The molecule has 7 nitrogen and oxygen atoms in total. The van der Waals surface area contributed by atoms with Gasteiger partial charge in [0.1, 0.15) is 18.4 Å². The highest BCUT2D eigenvalue weighted by Crippen LogP contribution is 2.30. The van der Waals surface area contributed by atoms with Crippen molar-refractivity contribution in [3.8, 4) is 5.75 Å². The van der Waals surface area contributed by atoms with Crippen LogP contribution in [0, 0.1) is 0 Å². The first-order valence-electron chi connectivity index (χ1n) is 9.63. The summed E-state index contributed by atoms with van der Waals surface area (Å²) < 4.78 is 6.00. The van der Waals surface area contributed by atoms with Gasteiger partial charge in [-0.2, -0.15) is 0 Å². The third-order valence-corrected chi connectivity index (χ3v) is 5.86. The second-order valence-corrected chi connectivity index (χ2v) is 7.66. The van der Waals surface area contributed by atoms with Gasteiger partial charge in [0.2, 0.25) is 11.8 Å². The van der Waals surface area contributed by atoms with Crippen LogP contribution in [0.1, 0.15) is 48.0 Å². The van der Waals surface area contributed by atoms with Crippen LogP contribution in [-0.4, -0.2) is 59.8 Å². The molecule has 0 saturated carbocycles. The lowest BCUT2D eigenvalue weighted by Crippen LogP contribution is -2.52. The largest absolute Gasteiger partial charge is 0.492 e. The number of benzene rings is 1. The Labute approximate surface area is 158 Å². The van der Waals surface area contributed by atoms with Gasteiger partial charge in [0.25, 0.3) is 5.91 Å². The number of hydrogen-bond acceptors (Lipinski definition) is 5. The van der Waals surface area contributed by atoms with E-state index in [1.807, 2.05) is 12.1 Å². The molecule has 3 aliphatic heterocycles. The van der Waals surface area contributed by atoms with Gasteiger partial charge in [0.15, 0.2) is 0 Å². The standard InChI is InChI=1S/C20H25N3O4/c1-22-9-3-2-4-14(22)12-27-15-5-6-16-13(10-15)11-23(20(16)26)17-7-8-18(24)21-19(17)25/h5-6,10,14,17H,2-4,7-9,11-12H2,1H3,(H,21,24,25)/t14-,17?/m1/s1. The zero-order valence-corrected chi connectivity index (χ0v) is 15.6. The van der Waals surface area contributed by atoms with Crippen molar-refractivity contribution in [2.75, 3.05) is 20.2 Å². The molecule has 2 fully saturated rings. The van der Waals surface area contributed by atoms with E-state index in [4.69, 9.17) is 4.74 Å². The molecule has 144 valence electrons. The van der Waals surface area contributed by atoms with E-state index in [0.717, 1.165) is 24.3 Å². The molecule has 1 N–H and O–H groups in total. The van der Waals surface area contributed by atoms with Gasteiger partial charge >= 0.3 is 0 Å². The molecule has 27 heavy (non-hydrogen) atoms. The molecule has 4 rings (SSSR count). The van der Waals surface area contributed by atoms with E-state index < -0.39 is 6.04 Å². The number of fused-ring (bicyclic) bond motifs is 1. The molecule has 2 atom stereocenters. The molecular weight excluding hydrogens is 346 g/mol. The van der Waals surface area contributed by atoms with Gasteiger partial charge < -0.3 is 14.5 Å². The number of likely N-dealkylation sites (tertiary alicyclic amines) is 1. The quantitative estimate of drug-likeness (QED) is 0.808. The lowest BCUT2D eigenvalue weighted by atomic mass is 10.0. The normalized spacial score (nSPS) is 26.1. The Hall–Kier alpha value is -2.41. The van der Waals surface area contributed by atoms with Gasteiger partial charge in [0.05, 0.1) is 0 Å². The lowest BCUT2D eigenvalue weighted by molar-refractivity contribution is -0.136. The van der Waals surface area contributed by atoms with Crippen LogP contribution >= 0.6 is 0 Å². The number of nitrogens with zero attached hydrogens (tertiary/aromatic N) is 2. The molecule has 2 saturated heterocycles. The number of piperidine rings is 2. The van der Waals surface area contributed by atoms with Gasteiger partial charge in [-0.05, 0) is 56.6 Å². The minimum atomic E-state index is -0.581. The summed E-state index contributed by atoms with van der Waals surface area (Å²) in [5, 5.41) is 2.32. The van der Waals surface area contributed by atoms with Crippen LogP contribution in [-0.2, 0) is 16.1 Å². The van der Waals surface area contributed by atoms with Crippen LogP contribution in [0.4, 0.5) is 0 Å². The van der Waals surface area contributed by atoms with E-state index in [9.17, 15) is 14.4 Å². The Morgan fingerprint density at radius 2 is 2.04 bits per heavy atom. The van der Waals surface area contributed by atoms with Crippen molar-refractivity contribution in [3.63, 3.8) is 0 Å². The molecule has 1 unspecified atom stereocenters. The molecule has 0 spiro atoms. The number of carbonyl (C=O) groups excluding carboxylic acids is 3. The van der Waals surface area contributed by atoms with E-state index in [-0.39, 0.29) is 24.1 Å². The van der Waals surface area contributed by atoms with Crippen molar-refractivity contribution in [1.29, 1.82) is 0 Å². The predicted octanol–water partition coefficient (Wildman–Crippen LogP) is 1.31. The lowest BCUT2D eigenvalue weighted by Gasteiger charge is -2.32. The monoisotopic (exact) mass is 371 g/mol. The average molecular weight is 371 g/mol. The van der Waals surface area contributed by atoms with Crippen molar-refractivity contribution in [2.45, 2.75) is 50.7 Å². The summed E-state index contributed by atoms with van der Waals surface area (Å²) in [7, 11) is 2.13. The summed E-state index contributed by atoms with van der Waals surface area (Å²) in [5.41, 5.74) is 1.49.